The molecule has 6 heteroatoms. The maximum absolute atomic E-state index is 9.38. The molecule has 0 unspecified atom stereocenters. The van der Waals surface area contributed by atoms with E-state index in [1.165, 1.54) is 11.4 Å². The lowest BCUT2D eigenvalue weighted by atomic mass is 10.1. The van der Waals surface area contributed by atoms with Gasteiger partial charge in [-0.3, -0.25) is 0 Å². The Morgan fingerprint density at radius 3 is 1.43 bits per heavy atom. The van der Waals surface area contributed by atoms with E-state index < -0.39 is 0 Å². The minimum atomic E-state index is -0.111. The Hall–Kier alpha value is -1.76. The van der Waals surface area contributed by atoms with E-state index in [4.69, 9.17) is 5.73 Å². The number of rotatable bonds is 2. The van der Waals surface area contributed by atoms with Gasteiger partial charge in [0.05, 0.1) is 12.2 Å². The first-order valence-electron chi connectivity index (χ1n) is 9.98. The Kier molecular flexibility index (Phi) is 7.59. The molecule has 0 saturated carbocycles. The SMILES string of the molecule is Nc1ccc(N2CCC(O)CC2)cc1.OC1CCN(c2ccc(Br)cc2)CC1. The number of aliphatic hydroxyl groups is 2. The van der Waals surface area contributed by atoms with E-state index in [1.807, 2.05) is 24.3 Å². The van der Waals surface area contributed by atoms with Gasteiger partial charge in [0, 0.05) is 47.7 Å². The predicted octanol–water partition coefficient (Wildman–Crippen LogP) is 3.64. The number of nitrogens with two attached hydrogens (primary N) is 1. The van der Waals surface area contributed by atoms with Crippen molar-refractivity contribution in [3.05, 3.63) is 53.0 Å². The van der Waals surface area contributed by atoms with Crippen LogP contribution in [0.25, 0.3) is 0 Å². The van der Waals surface area contributed by atoms with Gasteiger partial charge in [0.2, 0.25) is 0 Å². The molecule has 152 valence electrons. The van der Waals surface area contributed by atoms with Gasteiger partial charge in [0.1, 0.15) is 0 Å². The molecule has 4 N–H and O–H groups in total. The van der Waals surface area contributed by atoms with Crippen LogP contribution in [0.1, 0.15) is 25.7 Å². The van der Waals surface area contributed by atoms with E-state index in [9.17, 15) is 10.2 Å². The zero-order chi connectivity index (χ0) is 19.9. The molecule has 0 amide bonds. The standard InChI is InChI=1S/C11H14BrNO.C11H16N2O/c2*12-9-1-3-10(4-2-9)13-7-5-11(14)6-8-13/h1-4,11,14H,5-8H2;1-4,11,14H,5-8,12H2. The van der Waals surface area contributed by atoms with E-state index in [1.54, 1.807) is 0 Å². The monoisotopic (exact) mass is 447 g/mol. The molecule has 2 fully saturated rings. The van der Waals surface area contributed by atoms with Crippen LogP contribution in [0.2, 0.25) is 0 Å². The second-order valence-electron chi connectivity index (χ2n) is 7.50. The Morgan fingerprint density at radius 1 is 0.679 bits per heavy atom. The van der Waals surface area contributed by atoms with Crippen molar-refractivity contribution < 1.29 is 10.2 Å². The third-order valence-electron chi connectivity index (χ3n) is 5.38. The van der Waals surface area contributed by atoms with Crippen LogP contribution in [0.5, 0.6) is 0 Å². The fourth-order valence-corrected chi connectivity index (χ4v) is 3.85. The van der Waals surface area contributed by atoms with Crippen molar-refractivity contribution in [3.8, 4) is 0 Å². The van der Waals surface area contributed by atoms with E-state index >= 15 is 0 Å². The molecule has 0 bridgehead atoms. The van der Waals surface area contributed by atoms with Crippen molar-refractivity contribution in [3.63, 3.8) is 0 Å². The number of aliphatic hydroxyl groups excluding tert-OH is 2. The number of hydrogen-bond acceptors (Lipinski definition) is 5. The fraction of sp³-hybridized carbons (Fsp3) is 0.455. The average Bonchev–Trinajstić information content (AvgIpc) is 2.71. The van der Waals surface area contributed by atoms with Gasteiger partial charge in [-0.15, -0.1) is 0 Å². The summed E-state index contributed by atoms with van der Waals surface area (Å²) >= 11 is 3.42. The molecule has 2 aromatic carbocycles. The number of anilines is 3. The molecule has 28 heavy (non-hydrogen) atoms. The second kappa shape index (κ2) is 10.1. The van der Waals surface area contributed by atoms with Crippen LogP contribution in [0, 0.1) is 0 Å². The minimum absolute atomic E-state index is 0.0956. The zero-order valence-electron chi connectivity index (χ0n) is 16.2. The highest BCUT2D eigenvalue weighted by atomic mass is 79.9. The number of hydrogen-bond donors (Lipinski definition) is 3. The van der Waals surface area contributed by atoms with Crippen LogP contribution in [0.4, 0.5) is 17.1 Å². The summed E-state index contributed by atoms with van der Waals surface area (Å²) in [7, 11) is 0. The first-order valence-corrected chi connectivity index (χ1v) is 10.8. The van der Waals surface area contributed by atoms with Gasteiger partial charge < -0.3 is 25.7 Å². The van der Waals surface area contributed by atoms with Gasteiger partial charge >= 0.3 is 0 Å². The molecule has 2 aromatic rings. The van der Waals surface area contributed by atoms with Crippen LogP contribution in [-0.2, 0) is 0 Å². The third-order valence-corrected chi connectivity index (χ3v) is 5.91. The Balaban J connectivity index is 0.000000161. The molecule has 0 atom stereocenters. The minimum Gasteiger partial charge on any atom is -0.399 e. The van der Waals surface area contributed by atoms with Crippen LogP contribution in [-0.4, -0.2) is 48.6 Å². The number of piperidine rings is 2. The van der Waals surface area contributed by atoms with Gasteiger partial charge in [0.15, 0.2) is 0 Å². The van der Waals surface area contributed by atoms with Crippen LogP contribution < -0.4 is 15.5 Å². The normalized spacial score (nSPS) is 18.5. The largest absolute Gasteiger partial charge is 0.399 e. The molecule has 0 aliphatic carbocycles. The molecule has 5 nitrogen and oxygen atoms in total. The predicted molar refractivity (Wildman–Crippen MR) is 120 cm³/mol. The van der Waals surface area contributed by atoms with Crippen LogP contribution in [0.3, 0.4) is 0 Å². The van der Waals surface area contributed by atoms with Gasteiger partial charge in [0.25, 0.3) is 0 Å². The lowest BCUT2D eigenvalue weighted by Crippen LogP contribution is -2.35. The summed E-state index contributed by atoms with van der Waals surface area (Å²) in [6.45, 7) is 3.79. The van der Waals surface area contributed by atoms with E-state index in [2.05, 4.69) is 50.0 Å². The number of nitrogens with zero attached hydrogens (tertiary/aromatic N) is 2. The Bertz CT molecular complexity index is 644. The summed E-state index contributed by atoms with van der Waals surface area (Å²) < 4.78 is 1.11. The molecule has 2 saturated heterocycles. The Labute approximate surface area is 175 Å². The molecule has 4 rings (SSSR count). The third kappa shape index (κ3) is 6.12. The summed E-state index contributed by atoms with van der Waals surface area (Å²) in [4.78, 5) is 4.60. The quantitative estimate of drug-likeness (QED) is 0.612. The van der Waals surface area contributed by atoms with E-state index in [0.29, 0.717) is 0 Å². The smallest absolute Gasteiger partial charge is 0.0574 e. The Morgan fingerprint density at radius 2 is 1.04 bits per heavy atom. The molecule has 2 heterocycles. The van der Waals surface area contributed by atoms with Gasteiger partial charge in [-0.05, 0) is 74.2 Å². The highest BCUT2D eigenvalue weighted by molar-refractivity contribution is 9.10. The van der Waals surface area contributed by atoms with Crippen molar-refractivity contribution in [1.82, 2.24) is 0 Å². The summed E-state index contributed by atoms with van der Waals surface area (Å²) in [6.07, 6.45) is 3.29. The van der Waals surface area contributed by atoms with Crippen LogP contribution >= 0.6 is 15.9 Å². The highest BCUT2D eigenvalue weighted by Crippen LogP contribution is 2.22. The summed E-state index contributed by atoms with van der Waals surface area (Å²) in [5.74, 6) is 0. The topological polar surface area (TPSA) is 73.0 Å². The number of nitrogen functional groups attached to an aromatic ring is 1. The van der Waals surface area contributed by atoms with Gasteiger partial charge in [-0.25, -0.2) is 0 Å². The molecular formula is C22H30BrN3O2. The zero-order valence-corrected chi connectivity index (χ0v) is 17.8. The lowest BCUT2D eigenvalue weighted by Gasteiger charge is -2.31. The molecular weight excluding hydrogens is 418 g/mol. The van der Waals surface area contributed by atoms with Crippen molar-refractivity contribution in [2.75, 3.05) is 41.7 Å². The maximum Gasteiger partial charge on any atom is 0.0574 e. The molecule has 0 radical (unpaired) electrons. The van der Waals surface area contributed by atoms with Crippen molar-refractivity contribution >= 4 is 33.0 Å². The number of benzene rings is 2. The van der Waals surface area contributed by atoms with E-state index in [-0.39, 0.29) is 12.2 Å². The molecule has 2 aliphatic heterocycles. The number of halogens is 1. The maximum atomic E-state index is 9.38. The molecule has 2 aliphatic rings. The first kappa shape index (κ1) is 21.0. The summed E-state index contributed by atoms with van der Waals surface area (Å²) in [5, 5.41) is 18.8. The molecule has 0 aromatic heterocycles. The van der Waals surface area contributed by atoms with Gasteiger partial charge in [-0.1, -0.05) is 15.9 Å². The van der Waals surface area contributed by atoms with Crippen molar-refractivity contribution in [1.29, 1.82) is 0 Å². The van der Waals surface area contributed by atoms with Gasteiger partial charge in [-0.2, -0.15) is 0 Å². The van der Waals surface area contributed by atoms with E-state index in [0.717, 1.165) is 62.0 Å². The van der Waals surface area contributed by atoms with Crippen molar-refractivity contribution in [2.24, 2.45) is 0 Å². The second-order valence-corrected chi connectivity index (χ2v) is 8.42. The first-order chi connectivity index (χ1) is 13.5. The average molecular weight is 448 g/mol. The van der Waals surface area contributed by atoms with Crippen molar-refractivity contribution in [2.45, 2.75) is 37.9 Å². The highest BCUT2D eigenvalue weighted by Gasteiger charge is 2.17. The summed E-state index contributed by atoms with van der Waals surface area (Å²) in [6, 6.07) is 16.2. The molecule has 0 spiro atoms. The fourth-order valence-electron chi connectivity index (χ4n) is 3.59. The van der Waals surface area contributed by atoms with Crippen LogP contribution in [0.15, 0.2) is 53.0 Å². The summed E-state index contributed by atoms with van der Waals surface area (Å²) in [5.41, 5.74) is 8.87. The lowest BCUT2D eigenvalue weighted by molar-refractivity contribution is 0.145.